The zero-order valence-corrected chi connectivity index (χ0v) is 20.4. The summed E-state index contributed by atoms with van der Waals surface area (Å²) in [4.78, 5) is 51.9. The van der Waals surface area contributed by atoms with E-state index in [-0.39, 0.29) is 24.2 Å². The van der Waals surface area contributed by atoms with Crippen molar-refractivity contribution in [3.63, 3.8) is 0 Å². The van der Waals surface area contributed by atoms with Crippen LogP contribution in [-0.4, -0.2) is 57.0 Å². The van der Waals surface area contributed by atoms with Gasteiger partial charge in [0.25, 0.3) is 0 Å². The van der Waals surface area contributed by atoms with Crippen LogP contribution in [0.1, 0.15) is 51.6 Å². The molecular formula is C22H35N5O5S. The third-order valence-corrected chi connectivity index (χ3v) is 7.64. The number of hydrogen-bond acceptors (Lipinski definition) is 7. The highest BCUT2D eigenvalue weighted by molar-refractivity contribution is 7.99. The van der Waals surface area contributed by atoms with E-state index < -0.39 is 29.4 Å². The number of fused-ring (bicyclic) bond motifs is 1. The van der Waals surface area contributed by atoms with Crippen molar-refractivity contribution in [2.24, 2.45) is 17.6 Å². The summed E-state index contributed by atoms with van der Waals surface area (Å²) in [5, 5.41) is 2.93. The molecule has 2 aliphatic rings. The molecular weight excluding hydrogens is 446 g/mol. The van der Waals surface area contributed by atoms with Gasteiger partial charge in [0.05, 0.1) is 13.7 Å². The number of rotatable bonds is 9. The van der Waals surface area contributed by atoms with Crippen molar-refractivity contribution < 1.29 is 14.3 Å². The summed E-state index contributed by atoms with van der Waals surface area (Å²) < 4.78 is 8.17. The van der Waals surface area contributed by atoms with E-state index in [2.05, 4.69) is 19.2 Å². The second-order valence-corrected chi connectivity index (χ2v) is 10.3. The minimum atomic E-state index is -1.06. The van der Waals surface area contributed by atoms with E-state index in [0.717, 1.165) is 40.7 Å². The SMILES string of the molecule is COC(=O)C(CSCC(C)C)n1c(=O)n2n(c1=O)C(C(=O)NCC1CCC(N)CC1)C=CC2. The molecule has 3 rings (SSSR count). The molecule has 33 heavy (non-hydrogen) atoms. The minimum absolute atomic E-state index is 0.151. The van der Waals surface area contributed by atoms with E-state index in [1.165, 1.54) is 23.6 Å². The number of amides is 1. The first-order valence-electron chi connectivity index (χ1n) is 11.5. The molecule has 0 aromatic carbocycles. The fourth-order valence-electron chi connectivity index (χ4n) is 4.32. The van der Waals surface area contributed by atoms with Crippen molar-refractivity contribution in [3.05, 3.63) is 33.1 Å². The van der Waals surface area contributed by atoms with Gasteiger partial charge < -0.3 is 15.8 Å². The lowest BCUT2D eigenvalue weighted by molar-refractivity contribution is -0.144. The number of hydrogen-bond donors (Lipinski definition) is 2. The largest absolute Gasteiger partial charge is 0.467 e. The van der Waals surface area contributed by atoms with Crippen molar-refractivity contribution in [1.82, 2.24) is 19.2 Å². The van der Waals surface area contributed by atoms with Crippen molar-refractivity contribution in [3.8, 4) is 0 Å². The van der Waals surface area contributed by atoms with Gasteiger partial charge in [0, 0.05) is 18.3 Å². The second-order valence-electron chi connectivity index (χ2n) is 9.23. The zero-order valence-electron chi connectivity index (χ0n) is 19.6. The van der Waals surface area contributed by atoms with E-state index in [0.29, 0.717) is 18.4 Å². The van der Waals surface area contributed by atoms with Gasteiger partial charge in [0.2, 0.25) is 5.91 Å². The molecule has 2 unspecified atom stereocenters. The van der Waals surface area contributed by atoms with Crippen molar-refractivity contribution in [1.29, 1.82) is 0 Å². The van der Waals surface area contributed by atoms with Crippen LogP contribution in [0.15, 0.2) is 21.7 Å². The Balaban J connectivity index is 1.82. The number of nitrogens with one attached hydrogen (secondary N) is 1. The number of methoxy groups -OCH3 is 1. The first-order chi connectivity index (χ1) is 15.7. The molecule has 0 saturated heterocycles. The summed E-state index contributed by atoms with van der Waals surface area (Å²) in [7, 11) is 1.23. The van der Waals surface area contributed by atoms with Crippen LogP contribution in [0.4, 0.5) is 0 Å². The highest BCUT2D eigenvalue weighted by Crippen LogP contribution is 2.23. The van der Waals surface area contributed by atoms with E-state index >= 15 is 0 Å². The average Bonchev–Trinajstić information content (AvgIpc) is 3.05. The average molecular weight is 482 g/mol. The number of ether oxygens (including phenoxy) is 1. The molecule has 1 aromatic rings. The first-order valence-corrected chi connectivity index (χ1v) is 12.7. The van der Waals surface area contributed by atoms with Crippen LogP contribution >= 0.6 is 11.8 Å². The van der Waals surface area contributed by atoms with Crippen molar-refractivity contribution in [2.45, 2.75) is 64.2 Å². The Bertz CT molecular complexity index is 986. The number of aromatic nitrogens is 3. The Morgan fingerprint density at radius 3 is 2.52 bits per heavy atom. The Hall–Kier alpha value is -2.27. The monoisotopic (exact) mass is 481 g/mol. The molecule has 10 nitrogen and oxygen atoms in total. The first kappa shape index (κ1) is 25.4. The summed E-state index contributed by atoms with van der Waals surface area (Å²) in [5.74, 6) is 0.752. The molecule has 2 atom stereocenters. The number of nitrogens with zero attached hydrogens (tertiary/aromatic N) is 3. The molecule has 1 aliphatic heterocycles. The van der Waals surface area contributed by atoms with E-state index in [9.17, 15) is 19.2 Å². The second kappa shape index (κ2) is 11.2. The topological polar surface area (TPSA) is 130 Å². The van der Waals surface area contributed by atoms with E-state index in [1.807, 2.05) is 0 Å². The lowest BCUT2D eigenvalue weighted by atomic mass is 9.86. The van der Waals surface area contributed by atoms with Crippen LogP contribution in [0.2, 0.25) is 0 Å². The predicted octanol–water partition coefficient (Wildman–Crippen LogP) is 0.659. The van der Waals surface area contributed by atoms with Gasteiger partial charge in [-0.15, -0.1) is 0 Å². The third kappa shape index (κ3) is 5.81. The highest BCUT2D eigenvalue weighted by Gasteiger charge is 2.34. The fourth-order valence-corrected chi connectivity index (χ4v) is 5.44. The number of allylic oxidation sites excluding steroid dienone is 1. The number of esters is 1. The molecule has 2 heterocycles. The maximum Gasteiger partial charge on any atom is 0.349 e. The van der Waals surface area contributed by atoms with E-state index in [1.54, 1.807) is 12.2 Å². The van der Waals surface area contributed by atoms with Crippen LogP contribution in [0.25, 0.3) is 0 Å². The zero-order chi connectivity index (χ0) is 24.1. The summed E-state index contributed by atoms with van der Waals surface area (Å²) in [5.41, 5.74) is 4.65. The Labute approximate surface area is 197 Å². The van der Waals surface area contributed by atoms with Gasteiger partial charge in [0.15, 0.2) is 6.04 Å². The van der Waals surface area contributed by atoms with Gasteiger partial charge in [-0.05, 0) is 43.3 Å². The normalized spacial score (nSPS) is 23.2. The fraction of sp³-hybridized carbons (Fsp3) is 0.727. The van der Waals surface area contributed by atoms with E-state index in [4.69, 9.17) is 10.5 Å². The maximum absolute atomic E-state index is 13.3. The van der Waals surface area contributed by atoms with Gasteiger partial charge in [-0.25, -0.2) is 28.3 Å². The van der Waals surface area contributed by atoms with Gasteiger partial charge in [0.1, 0.15) is 6.04 Å². The molecule has 3 N–H and O–H groups in total. The van der Waals surface area contributed by atoms with Crippen molar-refractivity contribution >= 4 is 23.6 Å². The van der Waals surface area contributed by atoms with Gasteiger partial charge in [-0.3, -0.25) is 4.79 Å². The standard InChI is InChI=1S/C22H35N5O5S/c1-14(2)12-33-13-18(20(29)32-3)26-21(30)25-10-4-5-17(27(25)22(26)31)19(28)24-11-15-6-8-16(23)9-7-15/h4-5,14-18H,6-13,23H2,1-3H3,(H,24,28). The molecule has 1 amide bonds. The van der Waals surface area contributed by atoms with Gasteiger partial charge >= 0.3 is 17.3 Å². The molecule has 1 aromatic heterocycles. The number of carbonyl (C=O) groups is 2. The predicted molar refractivity (Wildman–Crippen MR) is 127 cm³/mol. The minimum Gasteiger partial charge on any atom is -0.467 e. The Morgan fingerprint density at radius 1 is 1.18 bits per heavy atom. The quantitative estimate of drug-likeness (QED) is 0.391. The summed E-state index contributed by atoms with van der Waals surface area (Å²) in [6.45, 7) is 4.76. The summed E-state index contributed by atoms with van der Waals surface area (Å²) >= 11 is 1.48. The molecule has 0 radical (unpaired) electrons. The molecule has 1 aliphatic carbocycles. The molecule has 11 heteroatoms. The van der Waals surface area contributed by atoms with Crippen LogP contribution < -0.4 is 22.4 Å². The molecule has 1 fully saturated rings. The summed E-state index contributed by atoms with van der Waals surface area (Å²) in [6, 6.07) is -1.78. The molecule has 0 spiro atoms. The number of nitrogens with two attached hydrogens (primary N) is 1. The number of carbonyl (C=O) groups excluding carboxylic acids is 2. The van der Waals surface area contributed by atoms with Crippen LogP contribution in [0.5, 0.6) is 0 Å². The van der Waals surface area contributed by atoms with Crippen molar-refractivity contribution in [2.75, 3.05) is 25.2 Å². The van der Waals surface area contributed by atoms with Crippen LogP contribution in [0, 0.1) is 11.8 Å². The summed E-state index contributed by atoms with van der Waals surface area (Å²) in [6.07, 6.45) is 7.11. The molecule has 0 bridgehead atoms. The van der Waals surface area contributed by atoms with Gasteiger partial charge in [-0.2, -0.15) is 11.8 Å². The lowest BCUT2D eigenvalue weighted by Crippen LogP contribution is -2.43. The van der Waals surface area contributed by atoms with Crippen LogP contribution in [-0.2, 0) is 20.9 Å². The Kier molecular flexibility index (Phi) is 8.63. The van der Waals surface area contributed by atoms with Gasteiger partial charge in [-0.1, -0.05) is 26.0 Å². The Morgan fingerprint density at radius 2 is 1.88 bits per heavy atom. The highest BCUT2D eigenvalue weighted by atomic mass is 32.2. The number of thioether (sulfide) groups is 1. The maximum atomic E-state index is 13.3. The molecule has 1 saturated carbocycles. The smallest absolute Gasteiger partial charge is 0.349 e. The van der Waals surface area contributed by atoms with Crippen LogP contribution in [0.3, 0.4) is 0 Å². The lowest BCUT2D eigenvalue weighted by Gasteiger charge is -2.27. The third-order valence-electron chi connectivity index (χ3n) is 6.19. The molecule has 184 valence electrons.